The molecule has 0 aliphatic heterocycles. The number of carbonyl (C=O) groups is 2. The number of carbonyl (C=O) groups excluding carboxylic acids is 2. The Bertz CT molecular complexity index is 735. The lowest BCUT2D eigenvalue weighted by atomic mass is 9.98. The molecule has 0 radical (unpaired) electrons. The zero-order valence-electron chi connectivity index (χ0n) is 13.4. The van der Waals surface area contributed by atoms with Gasteiger partial charge in [0.2, 0.25) is 5.91 Å². The van der Waals surface area contributed by atoms with Gasteiger partial charge >= 0.3 is 0 Å². The van der Waals surface area contributed by atoms with E-state index in [0.29, 0.717) is 0 Å². The molecule has 2 aromatic carbocycles. The summed E-state index contributed by atoms with van der Waals surface area (Å²) < 4.78 is 31.4. The highest BCUT2D eigenvalue weighted by molar-refractivity contribution is 5.80. The van der Waals surface area contributed by atoms with Crippen molar-refractivity contribution in [3.63, 3.8) is 0 Å². The van der Waals surface area contributed by atoms with Crippen molar-refractivity contribution in [3.8, 4) is 5.75 Å². The summed E-state index contributed by atoms with van der Waals surface area (Å²) in [7, 11) is 0. The number of nitrogens with two attached hydrogens (primary N) is 1. The molecule has 1 unspecified atom stereocenters. The second kappa shape index (κ2) is 8.77. The summed E-state index contributed by atoms with van der Waals surface area (Å²) >= 11 is 0. The van der Waals surface area contributed by atoms with Crippen molar-refractivity contribution in [2.24, 2.45) is 11.7 Å². The summed E-state index contributed by atoms with van der Waals surface area (Å²) in [5, 5.41) is 2.52. The highest BCUT2D eigenvalue weighted by atomic mass is 19.1. The molecule has 0 saturated heterocycles. The maximum atomic E-state index is 13.4. The van der Waals surface area contributed by atoms with Crippen molar-refractivity contribution >= 4 is 11.8 Å². The molecule has 3 N–H and O–H groups in total. The number of rotatable bonds is 8. The molecule has 2 amide bonds. The zero-order valence-corrected chi connectivity index (χ0v) is 13.4. The highest BCUT2D eigenvalue weighted by Crippen LogP contribution is 2.15. The van der Waals surface area contributed by atoms with Crippen LogP contribution in [0.15, 0.2) is 48.5 Å². The molecule has 0 heterocycles. The van der Waals surface area contributed by atoms with E-state index in [0.717, 1.165) is 5.56 Å². The highest BCUT2D eigenvalue weighted by Gasteiger charge is 2.17. The molecule has 5 nitrogen and oxygen atoms in total. The Balaban J connectivity index is 1.83. The van der Waals surface area contributed by atoms with Gasteiger partial charge in [-0.2, -0.15) is 0 Å². The first-order valence-corrected chi connectivity index (χ1v) is 7.63. The number of nitrogens with one attached hydrogen (secondary N) is 1. The van der Waals surface area contributed by atoms with Gasteiger partial charge in [-0.15, -0.1) is 0 Å². The normalized spacial score (nSPS) is 11.6. The van der Waals surface area contributed by atoms with E-state index >= 15 is 0 Å². The first kappa shape index (κ1) is 18.4. The minimum atomic E-state index is -0.650. The van der Waals surface area contributed by atoms with Crippen LogP contribution in [0.2, 0.25) is 0 Å². The lowest BCUT2D eigenvalue weighted by Crippen LogP contribution is -2.39. The van der Waals surface area contributed by atoms with Gasteiger partial charge in [0.1, 0.15) is 5.82 Å². The van der Waals surface area contributed by atoms with Gasteiger partial charge in [-0.05, 0) is 36.2 Å². The Hall–Kier alpha value is -2.96. The van der Waals surface area contributed by atoms with E-state index in [2.05, 4.69) is 5.32 Å². The summed E-state index contributed by atoms with van der Waals surface area (Å²) in [5.41, 5.74) is 6.06. The summed E-state index contributed by atoms with van der Waals surface area (Å²) in [5.74, 6) is -2.72. The van der Waals surface area contributed by atoms with Crippen LogP contribution in [-0.2, 0) is 16.0 Å². The monoisotopic (exact) mass is 348 g/mol. The van der Waals surface area contributed by atoms with Crippen molar-refractivity contribution in [1.29, 1.82) is 0 Å². The van der Waals surface area contributed by atoms with Crippen LogP contribution in [0.1, 0.15) is 5.56 Å². The number of amides is 2. The number of benzene rings is 2. The van der Waals surface area contributed by atoms with Crippen LogP contribution in [0.25, 0.3) is 0 Å². The van der Waals surface area contributed by atoms with E-state index in [1.54, 1.807) is 18.2 Å². The van der Waals surface area contributed by atoms with E-state index in [1.165, 1.54) is 30.3 Å². The van der Waals surface area contributed by atoms with Gasteiger partial charge in [-0.25, -0.2) is 8.78 Å². The van der Waals surface area contributed by atoms with E-state index in [4.69, 9.17) is 10.5 Å². The topological polar surface area (TPSA) is 81.4 Å². The zero-order chi connectivity index (χ0) is 18.2. The molecule has 25 heavy (non-hydrogen) atoms. The summed E-state index contributed by atoms with van der Waals surface area (Å²) in [6.07, 6.45) is 0.268. The third-order valence-corrected chi connectivity index (χ3v) is 3.54. The Morgan fingerprint density at radius 2 is 1.76 bits per heavy atom. The lowest BCUT2D eigenvalue weighted by molar-refractivity contribution is -0.124. The molecule has 0 fully saturated rings. The van der Waals surface area contributed by atoms with Gasteiger partial charge in [0.15, 0.2) is 18.2 Å². The molecule has 0 aliphatic carbocycles. The predicted molar refractivity (Wildman–Crippen MR) is 87.7 cm³/mol. The quantitative estimate of drug-likeness (QED) is 0.763. The second-order valence-electron chi connectivity index (χ2n) is 5.45. The van der Waals surface area contributed by atoms with Gasteiger partial charge in [0.05, 0.1) is 5.92 Å². The van der Waals surface area contributed by atoms with Crippen molar-refractivity contribution < 1.29 is 23.1 Å². The molecular formula is C18H18F2N2O3. The molecule has 7 heteroatoms. The van der Waals surface area contributed by atoms with Gasteiger partial charge < -0.3 is 15.8 Å². The van der Waals surface area contributed by atoms with E-state index < -0.39 is 23.5 Å². The third kappa shape index (κ3) is 5.87. The summed E-state index contributed by atoms with van der Waals surface area (Å²) in [6.45, 7) is -0.380. The molecule has 2 aromatic rings. The van der Waals surface area contributed by atoms with Crippen LogP contribution in [-0.4, -0.2) is 25.0 Å². The largest absolute Gasteiger partial charge is 0.481 e. The average molecular weight is 348 g/mol. The van der Waals surface area contributed by atoms with Gasteiger partial charge in [0, 0.05) is 6.54 Å². The molecule has 0 aromatic heterocycles. The maximum absolute atomic E-state index is 13.4. The Kier molecular flexibility index (Phi) is 6.45. The minimum absolute atomic E-state index is 0.00613. The smallest absolute Gasteiger partial charge is 0.257 e. The van der Waals surface area contributed by atoms with Crippen LogP contribution >= 0.6 is 0 Å². The third-order valence-electron chi connectivity index (χ3n) is 3.54. The van der Waals surface area contributed by atoms with Crippen molar-refractivity contribution in [1.82, 2.24) is 5.32 Å². The molecule has 0 spiro atoms. The predicted octanol–water partition coefficient (Wildman–Crippen LogP) is 1.80. The second-order valence-corrected chi connectivity index (χ2v) is 5.45. The van der Waals surface area contributed by atoms with Crippen molar-refractivity contribution in [2.45, 2.75) is 6.42 Å². The lowest BCUT2D eigenvalue weighted by Gasteiger charge is -2.15. The first-order valence-electron chi connectivity index (χ1n) is 7.63. The Morgan fingerprint density at radius 1 is 1.08 bits per heavy atom. The number of hydrogen-bond donors (Lipinski definition) is 2. The number of ether oxygens (including phenoxy) is 1. The molecule has 0 bridgehead atoms. The van der Waals surface area contributed by atoms with Crippen LogP contribution in [0.3, 0.4) is 0 Å². The van der Waals surface area contributed by atoms with Gasteiger partial charge in [-0.3, -0.25) is 9.59 Å². The fourth-order valence-electron chi connectivity index (χ4n) is 2.17. The van der Waals surface area contributed by atoms with Crippen molar-refractivity contribution in [3.05, 3.63) is 65.7 Å². The number of para-hydroxylation sites is 1. The van der Waals surface area contributed by atoms with Gasteiger partial charge in [0.25, 0.3) is 5.91 Å². The summed E-state index contributed by atoms with van der Waals surface area (Å²) in [4.78, 5) is 23.3. The standard InChI is InChI=1S/C18H18F2N2O3/c19-14-7-5-12(6-8-14)9-13(18(21)24)10-22-17(23)11-25-16-4-2-1-3-15(16)20/h1-8,13H,9-11H2,(H2,21,24)(H,22,23). The number of primary amides is 1. The minimum Gasteiger partial charge on any atom is -0.481 e. The maximum Gasteiger partial charge on any atom is 0.257 e. The van der Waals surface area contributed by atoms with E-state index in [-0.39, 0.29) is 31.1 Å². The Labute approximate surface area is 143 Å². The molecule has 0 saturated carbocycles. The molecule has 0 aliphatic rings. The molecule has 2 rings (SSSR count). The molecule has 1 atom stereocenters. The van der Waals surface area contributed by atoms with Crippen molar-refractivity contribution in [2.75, 3.05) is 13.2 Å². The van der Waals surface area contributed by atoms with Gasteiger partial charge in [-0.1, -0.05) is 24.3 Å². The first-order chi connectivity index (χ1) is 12.0. The van der Waals surface area contributed by atoms with Crippen LogP contribution < -0.4 is 15.8 Å². The Morgan fingerprint density at radius 3 is 2.40 bits per heavy atom. The van der Waals surface area contributed by atoms with Crippen LogP contribution in [0, 0.1) is 17.6 Å². The fourth-order valence-corrected chi connectivity index (χ4v) is 2.17. The van der Waals surface area contributed by atoms with E-state index in [9.17, 15) is 18.4 Å². The fraction of sp³-hybridized carbons (Fsp3) is 0.222. The average Bonchev–Trinajstić information content (AvgIpc) is 2.59. The summed E-state index contributed by atoms with van der Waals surface area (Å²) in [6, 6.07) is 11.4. The SMILES string of the molecule is NC(=O)C(CNC(=O)COc1ccccc1F)Cc1ccc(F)cc1. The number of halogens is 2. The van der Waals surface area contributed by atoms with Crippen LogP contribution in [0.5, 0.6) is 5.75 Å². The van der Waals surface area contributed by atoms with E-state index in [1.807, 2.05) is 0 Å². The molecule has 132 valence electrons. The number of hydrogen-bond acceptors (Lipinski definition) is 3. The molecular weight excluding hydrogens is 330 g/mol. The van der Waals surface area contributed by atoms with Crippen LogP contribution in [0.4, 0.5) is 8.78 Å².